The number of benzene rings is 1. The standard InChI is InChI=1S/C11H10N2O/c14-11-8-13-12-7-10(11)6-9-4-2-1-3-5-9/h1-5,7-8H,6H2,(H,12,14). The first kappa shape index (κ1) is 8.69. The number of aromatic nitrogens is 2. The first-order valence-corrected chi connectivity index (χ1v) is 4.39. The number of rotatable bonds is 2. The lowest BCUT2D eigenvalue weighted by molar-refractivity contribution is 0.464. The molecule has 2 aromatic rings. The molecule has 0 aliphatic carbocycles. The number of aromatic hydroxyl groups is 1. The molecular weight excluding hydrogens is 176 g/mol. The van der Waals surface area contributed by atoms with Crippen LogP contribution >= 0.6 is 0 Å². The van der Waals surface area contributed by atoms with Crippen LogP contribution in [0, 0.1) is 0 Å². The molecule has 14 heavy (non-hydrogen) atoms. The molecule has 1 heterocycles. The van der Waals surface area contributed by atoms with Gasteiger partial charge in [0.25, 0.3) is 0 Å². The first-order valence-electron chi connectivity index (χ1n) is 4.39. The van der Waals surface area contributed by atoms with Crippen molar-refractivity contribution < 1.29 is 5.11 Å². The molecule has 0 aliphatic rings. The van der Waals surface area contributed by atoms with Crippen molar-refractivity contribution in [1.82, 2.24) is 10.2 Å². The van der Waals surface area contributed by atoms with Crippen molar-refractivity contribution in [3.8, 4) is 5.75 Å². The topological polar surface area (TPSA) is 46.0 Å². The molecule has 0 saturated carbocycles. The fourth-order valence-electron chi connectivity index (χ4n) is 1.29. The fourth-order valence-corrected chi connectivity index (χ4v) is 1.29. The predicted octanol–water partition coefficient (Wildman–Crippen LogP) is 1.77. The van der Waals surface area contributed by atoms with Crippen LogP contribution in [0.25, 0.3) is 0 Å². The van der Waals surface area contributed by atoms with Crippen LogP contribution in [0.5, 0.6) is 5.75 Å². The molecule has 0 aliphatic heterocycles. The maximum absolute atomic E-state index is 9.47. The van der Waals surface area contributed by atoms with Crippen molar-refractivity contribution in [2.75, 3.05) is 0 Å². The Bertz CT molecular complexity index is 415. The summed E-state index contributed by atoms with van der Waals surface area (Å²) in [6.07, 6.45) is 3.63. The smallest absolute Gasteiger partial charge is 0.140 e. The zero-order valence-corrected chi connectivity index (χ0v) is 7.59. The predicted molar refractivity (Wildman–Crippen MR) is 52.9 cm³/mol. The molecule has 0 bridgehead atoms. The van der Waals surface area contributed by atoms with Gasteiger partial charge in [-0.2, -0.15) is 10.2 Å². The molecule has 0 spiro atoms. The van der Waals surface area contributed by atoms with Gasteiger partial charge in [-0.1, -0.05) is 30.3 Å². The quantitative estimate of drug-likeness (QED) is 0.777. The van der Waals surface area contributed by atoms with Gasteiger partial charge in [0.1, 0.15) is 5.75 Å². The van der Waals surface area contributed by atoms with Crippen molar-refractivity contribution in [1.29, 1.82) is 0 Å². The summed E-state index contributed by atoms with van der Waals surface area (Å²) < 4.78 is 0. The van der Waals surface area contributed by atoms with E-state index in [1.807, 2.05) is 30.3 Å². The Morgan fingerprint density at radius 2 is 1.71 bits per heavy atom. The summed E-state index contributed by atoms with van der Waals surface area (Å²) in [5.41, 5.74) is 1.95. The Morgan fingerprint density at radius 3 is 2.43 bits per heavy atom. The highest BCUT2D eigenvalue weighted by atomic mass is 16.3. The SMILES string of the molecule is Oc1cnncc1Cc1ccccc1. The van der Waals surface area contributed by atoms with E-state index in [1.54, 1.807) is 6.20 Å². The summed E-state index contributed by atoms with van der Waals surface area (Å²) in [7, 11) is 0. The van der Waals surface area contributed by atoms with Crippen LogP contribution in [0.1, 0.15) is 11.1 Å². The second-order valence-electron chi connectivity index (χ2n) is 3.06. The molecule has 0 atom stereocenters. The van der Waals surface area contributed by atoms with Gasteiger partial charge in [0.05, 0.1) is 12.4 Å². The highest BCUT2D eigenvalue weighted by Gasteiger charge is 2.01. The summed E-state index contributed by atoms with van der Waals surface area (Å²) in [6, 6.07) is 9.94. The minimum atomic E-state index is 0.198. The van der Waals surface area contributed by atoms with E-state index in [0.717, 1.165) is 11.1 Å². The van der Waals surface area contributed by atoms with Crippen LogP contribution in [-0.2, 0) is 6.42 Å². The molecule has 0 radical (unpaired) electrons. The van der Waals surface area contributed by atoms with Crippen LogP contribution in [-0.4, -0.2) is 15.3 Å². The minimum absolute atomic E-state index is 0.198. The third kappa shape index (κ3) is 1.88. The van der Waals surface area contributed by atoms with Gasteiger partial charge >= 0.3 is 0 Å². The van der Waals surface area contributed by atoms with Crippen molar-refractivity contribution in [3.05, 3.63) is 53.9 Å². The number of nitrogens with zero attached hydrogens (tertiary/aromatic N) is 2. The summed E-state index contributed by atoms with van der Waals surface area (Å²) in [6.45, 7) is 0. The average molecular weight is 186 g/mol. The average Bonchev–Trinajstić information content (AvgIpc) is 2.23. The van der Waals surface area contributed by atoms with E-state index in [0.29, 0.717) is 6.42 Å². The summed E-state index contributed by atoms with van der Waals surface area (Å²) >= 11 is 0. The second kappa shape index (κ2) is 3.87. The van der Waals surface area contributed by atoms with Crippen molar-refractivity contribution in [2.45, 2.75) is 6.42 Å². The van der Waals surface area contributed by atoms with Crippen LogP contribution in [0.2, 0.25) is 0 Å². The minimum Gasteiger partial charge on any atom is -0.506 e. The summed E-state index contributed by atoms with van der Waals surface area (Å²) in [5.74, 6) is 0.198. The lowest BCUT2D eigenvalue weighted by Gasteiger charge is -2.02. The van der Waals surface area contributed by atoms with E-state index >= 15 is 0 Å². The fraction of sp³-hybridized carbons (Fsp3) is 0.0909. The molecule has 1 aromatic heterocycles. The van der Waals surface area contributed by atoms with Crippen molar-refractivity contribution >= 4 is 0 Å². The Morgan fingerprint density at radius 1 is 1.00 bits per heavy atom. The third-order valence-electron chi connectivity index (χ3n) is 2.03. The highest BCUT2D eigenvalue weighted by Crippen LogP contribution is 2.16. The molecule has 0 amide bonds. The Balaban J connectivity index is 2.24. The van der Waals surface area contributed by atoms with Gasteiger partial charge in [0.15, 0.2) is 0 Å². The molecule has 1 aromatic carbocycles. The number of hydrogen-bond acceptors (Lipinski definition) is 3. The van der Waals surface area contributed by atoms with Crippen LogP contribution in [0.15, 0.2) is 42.7 Å². The van der Waals surface area contributed by atoms with E-state index in [1.165, 1.54) is 6.20 Å². The van der Waals surface area contributed by atoms with E-state index in [-0.39, 0.29) is 5.75 Å². The van der Waals surface area contributed by atoms with Crippen LogP contribution in [0.4, 0.5) is 0 Å². The van der Waals surface area contributed by atoms with E-state index in [4.69, 9.17) is 0 Å². The Kier molecular flexibility index (Phi) is 2.40. The maximum atomic E-state index is 9.47. The van der Waals surface area contributed by atoms with Gasteiger partial charge in [0.2, 0.25) is 0 Å². The van der Waals surface area contributed by atoms with E-state index < -0.39 is 0 Å². The summed E-state index contributed by atoms with van der Waals surface area (Å²) in [4.78, 5) is 0. The molecule has 0 unspecified atom stereocenters. The maximum Gasteiger partial charge on any atom is 0.140 e. The molecule has 3 heteroatoms. The Labute approximate surface area is 82.1 Å². The molecule has 1 N–H and O–H groups in total. The normalized spacial score (nSPS) is 10.0. The molecule has 0 fully saturated rings. The van der Waals surface area contributed by atoms with E-state index in [9.17, 15) is 5.11 Å². The van der Waals surface area contributed by atoms with Crippen LogP contribution in [0.3, 0.4) is 0 Å². The van der Waals surface area contributed by atoms with Gasteiger partial charge in [-0.3, -0.25) is 0 Å². The van der Waals surface area contributed by atoms with Crippen molar-refractivity contribution in [2.24, 2.45) is 0 Å². The Hall–Kier alpha value is -1.90. The molecule has 0 saturated heterocycles. The molecule has 70 valence electrons. The van der Waals surface area contributed by atoms with Gasteiger partial charge in [-0.25, -0.2) is 0 Å². The van der Waals surface area contributed by atoms with Crippen molar-refractivity contribution in [3.63, 3.8) is 0 Å². The van der Waals surface area contributed by atoms with Gasteiger partial charge in [0, 0.05) is 12.0 Å². The summed E-state index contributed by atoms with van der Waals surface area (Å²) in [5, 5.41) is 16.8. The molecule has 2 rings (SSSR count). The molecular formula is C11H10N2O. The third-order valence-corrected chi connectivity index (χ3v) is 2.03. The van der Waals surface area contributed by atoms with E-state index in [2.05, 4.69) is 10.2 Å². The second-order valence-corrected chi connectivity index (χ2v) is 3.06. The van der Waals surface area contributed by atoms with Crippen LogP contribution < -0.4 is 0 Å². The lowest BCUT2D eigenvalue weighted by Crippen LogP contribution is -1.91. The lowest BCUT2D eigenvalue weighted by atomic mass is 10.1. The number of hydrogen-bond donors (Lipinski definition) is 1. The zero-order chi connectivity index (χ0) is 9.80. The first-order chi connectivity index (χ1) is 6.86. The monoisotopic (exact) mass is 186 g/mol. The highest BCUT2D eigenvalue weighted by molar-refractivity contribution is 5.32. The van der Waals surface area contributed by atoms with Gasteiger partial charge < -0.3 is 5.11 Å². The van der Waals surface area contributed by atoms with Gasteiger partial charge in [-0.05, 0) is 5.56 Å². The zero-order valence-electron chi connectivity index (χ0n) is 7.59. The molecule has 3 nitrogen and oxygen atoms in total. The largest absolute Gasteiger partial charge is 0.506 e. The van der Waals surface area contributed by atoms with Gasteiger partial charge in [-0.15, -0.1) is 0 Å².